The molecule has 2 aromatic carbocycles. The van der Waals surface area contributed by atoms with Crippen molar-refractivity contribution >= 4 is 28.5 Å². The smallest absolute Gasteiger partial charge is 0.340 e. The molecule has 3 aromatic rings. The second-order valence-electron chi connectivity index (χ2n) is 7.25. The summed E-state index contributed by atoms with van der Waals surface area (Å²) in [5.74, 6) is -0.952. The molecular formula is C25H30N2O5. The summed E-state index contributed by atoms with van der Waals surface area (Å²) in [6.45, 7) is 9.90. The lowest BCUT2D eigenvalue weighted by atomic mass is 10.1. The number of hydrogen-bond donors (Lipinski definition) is 1. The third-order valence-electron chi connectivity index (χ3n) is 5.38. The Morgan fingerprint density at radius 3 is 2.19 bits per heavy atom. The lowest BCUT2D eigenvalue weighted by Gasteiger charge is -2.21. The second kappa shape index (κ2) is 10.2. The SMILES string of the molecule is CCOC(=O)Cc1c(C(=O)OCC)c2cc(O)ccc2n1-c1ccc(N(CC)CC)cc1. The molecule has 0 aliphatic heterocycles. The van der Waals surface area contributed by atoms with Crippen molar-refractivity contribution in [2.75, 3.05) is 31.2 Å². The summed E-state index contributed by atoms with van der Waals surface area (Å²) in [5.41, 5.74) is 3.31. The zero-order valence-corrected chi connectivity index (χ0v) is 19.1. The number of ether oxygens (including phenoxy) is 2. The van der Waals surface area contributed by atoms with E-state index in [4.69, 9.17) is 9.47 Å². The first-order chi connectivity index (χ1) is 15.4. The van der Waals surface area contributed by atoms with Crippen LogP contribution >= 0.6 is 0 Å². The molecule has 0 spiro atoms. The summed E-state index contributed by atoms with van der Waals surface area (Å²) >= 11 is 0. The van der Waals surface area contributed by atoms with E-state index >= 15 is 0 Å². The van der Waals surface area contributed by atoms with Gasteiger partial charge in [-0.25, -0.2) is 4.79 Å². The molecule has 170 valence electrons. The van der Waals surface area contributed by atoms with Crippen molar-refractivity contribution in [3.8, 4) is 11.4 Å². The van der Waals surface area contributed by atoms with Crippen LogP contribution in [0.4, 0.5) is 5.69 Å². The van der Waals surface area contributed by atoms with Gasteiger partial charge in [-0.1, -0.05) is 0 Å². The van der Waals surface area contributed by atoms with Crippen LogP contribution in [0.5, 0.6) is 5.75 Å². The number of aromatic nitrogens is 1. The van der Waals surface area contributed by atoms with Crippen molar-refractivity contribution in [1.29, 1.82) is 0 Å². The van der Waals surface area contributed by atoms with Crippen LogP contribution in [0, 0.1) is 0 Å². The van der Waals surface area contributed by atoms with Crippen molar-refractivity contribution in [3.63, 3.8) is 0 Å². The minimum absolute atomic E-state index is 0.0276. The predicted molar refractivity (Wildman–Crippen MR) is 125 cm³/mol. The number of fused-ring (bicyclic) bond motifs is 1. The number of benzene rings is 2. The summed E-state index contributed by atoms with van der Waals surface area (Å²) in [6, 6.07) is 12.8. The fourth-order valence-corrected chi connectivity index (χ4v) is 3.98. The Balaban J connectivity index is 2.25. The van der Waals surface area contributed by atoms with Gasteiger partial charge in [0.25, 0.3) is 0 Å². The molecule has 0 fully saturated rings. The fraction of sp³-hybridized carbons (Fsp3) is 0.360. The molecule has 0 amide bonds. The van der Waals surface area contributed by atoms with Crippen LogP contribution < -0.4 is 4.90 Å². The van der Waals surface area contributed by atoms with E-state index in [9.17, 15) is 14.7 Å². The van der Waals surface area contributed by atoms with Gasteiger partial charge in [-0.15, -0.1) is 0 Å². The van der Waals surface area contributed by atoms with Gasteiger partial charge in [0.15, 0.2) is 0 Å². The van der Waals surface area contributed by atoms with Gasteiger partial charge in [0.2, 0.25) is 0 Å². The molecule has 0 saturated heterocycles. The van der Waals surface area contributed by atoms with E-state index in [0.29, 0.717) is 16.6 Å². The number of rotatable bonds is 9. The van der Waals surface area contributed by atoms with Crippen LogP contribution in [0.2, 0.25) is 0 Å². The first-order valence-electron chi connectivity index (χ1n) is 11.0. The van der Waals surface area contributed by atoms with Crippen LogP contribution in [0.3, 0.4) is 0 Å². The van der Waals surface area contributed by atoms with E-state index < -0.39 is 11.9 Å². The highest BCUT2D eigenvalue weighted by molar-refractivity contribution is 6.07. The third-order valence-corrected chi connectivity index (χ3v) is 5.38. The van der Waals surface area contributed by atoms with Gasteiger partial charge in [-0.3, -0.25) is 4.79 Å². The minimum atomic E-state index is -0.541. The summed E-state index contributed by atoms with van der Waals surface area (Å²) in [6.07, 6.45) is -0.102. The molecule has 0 atom stereocenters. The molecule has 3 rings (SSSR count). The largest absolute Gasteiger partial charge is 0.508 e. The highest BCUT2D eigenvalue weighted by atomic mass is 16.5. The van der Waals surface area contributed by atoms with Gasteiger partial charge in [0, 0.05) is 35.5 Å². The first kappa shape index (κ1) is 23.2. The van der Waals surface area contributed by atoms with Crippen molar-refractivity contribution in [1.82, 2.24) is 4.57 Å². The Hall–Kier alpha value is -3.48. The number of carbonyl (C=O) groups is 2. The Labute approximate surface area is 188 Å². The van der Waals surface area contributed by atoms with E-state index in [1.165, 1.54) is 6.07 Å². The molecule has 0 saturated carbocycles. The van der Waals surface area contributed by atoms with Gasteiger partial charge < -0.3 is 24.0 Å². The number of hydrogen-bond acceptors (Lipinski definition) is 6. The third kappa shape index (κ3) is 4.56. The van der Waals surface area contributed by atoms with Gasteiger partial charge in [-0.05, 0) is 70.2 Å². The average molecular weight is 439 g/mol. The molecule has 0 aliphatic rings. The van der Waals surface area contributed by atoms with Gasteiger partial charge in [0.05, 0.1) is 30.7 Å². The maximum Gasteiger partial charge on any atom is 0.340 e. The quantitative estimate of drug-likeness (QED) is 0.497. The fourth-order valence-electron chi connectivity index (χ4n) is 3.98. The van der Waals surface area contributed by atoms with E-state index in [-0.39, 0.29) is 30.9 Å². The van der Waals surface area contributed by atoms with Crippen LogP contribution in [0.15, 0.2) is 42.5 Å². The number of phenols is 1. The zero-order valence-electron chi connectivity index (χ0n) is 19.1. The van der Waals surface area contributed by atoms with Crippen LogP contribution in [0.25, 0.3) is 16.6 Å². The highest BCUT2D eigenvalue weighted by Gasteiger charge is 2.27. The Kier molecular flexibility index (Phi) is 7.41. The summed E-state index contributed by atoms with van der Waals surface area (Å²) in [4.78, 5) is 27.6. The molecule has 0 radical (unpaired) electrons. The summed E-state index contributed by atoms with van der Waals surface area (Å²) < 4.78 is 12.3. The van der Waals surface area contributed by atoms with Crippen molar-refractivity contribution < 1.29 is 24.2 Å². The van der Waals surface area contributed by atoms with Gasteiger partial charge >= 0.3 is 11.9 Å². The van der Waals surface area contributed by atoms with Crippen LogP contribution in [0.1, 0.15) is 43.7 Å². The topological polar surface area (TPSA) is 81.0 Å². The van der Waals surface area contributed by atoms with Crippen molar-refractivity contribution in [2.45, 2.75) is 34.1 Å². The predicted octanol–water partition coefficient (Wildman–Crippen LogP) is 4.46. The van der Waals surface area contributed by atoms with Crippen LogP contribution in [-0.4, -0.2) is 47.9 Å². The molecule has 0 bridgehead atoms. The number of anilines is 1. The standard InChI is InChI=1S/C25H30N2O5/c1-5-26(6-2)17-9-11-18(12-10-17)27-21-14-13-19(28)15-20(21)24(25(30)32-8-4)22(27)16-23(29)31-7-3/h9-15,28H,5-8,16H2,1-4H3. The molecule has 1 aromatic heterocycles. The van der Waals surface area contributed by atoms with Crippen molar-refractivity contribution in [2.24, 2.45) is 0 Å². The number of carbonyl (C=O) groups excluding carboxylic acids is 2. The first-order valence-corrected chi connectivity index (χ1v) is 11.0. The summed E-state index contributed by atoms with van der Waals surface area (Å²) in [5, 5.41) is 10.6. The molecule has 32 heavy (non-hydrogen) atoms. The molecule has 0 aliphatic carbocycles. The number of nitrogens with zero attached hydrogens (tertiary/aromatic N) is 2. The molecule has 7 heteroatoms. The molecule has 1 N–H and O–H groups in total. The normalized spacial score (nSPS) is 10.9. The lowest BCUT2D eigenvalue weighted by molar-refractivity contribution is -0.142. The second-order valence-corrected chi connectivity index (χ2v) is 7.25. The van der Waals surface area contributed by atoms with E-state index in [1.807, 2.05) is 28.8 Å². The number of phenolic OH excluding ortho intramolecular Hbond substituents is 1. The van der Waals surface area contributed by atoms with Crippen molar-refractivity contribution in [3.05, 3.63) is 53.7 Å². The van der Waals surface area contributed by atoms with E-state index in [0.717, 1.165) is 24.5 Å². The highest BCUT2D eigenvalue weighted by Crippen LogP contribution is 2.34. The monoisotopic (exact) mass is 438 g/mol. The minimum Gasteiger partial charge on any atom is -0.508 e. The Morgan fingerprint density at radius 2 is 1.59 bits per heavy atom. The lowest BCUT2D eigenvalue weighted by Crippen LogP contribution is -2.21. The maximum atomic E-state index is 12.9. The number of aromatic hydroxyl groups is 1. The summed E-state index contributed by atoms with van der Waals surface area (Å²) in [7, 11) is 0. The maximum absolute atomic E-state index is 12.9. The zero-order chi connectivity index (χ0) is 23.3. The van der Waals surface area contributed by atoms with E-state index in [2.05, 4.69) is 18.7 Å². The molecule has 7 nitrogen and oxygen atoms in total. The Bertz CT molecular complexity index is 1100. The number of esters is 2. The molecule has 0 unspecified atom stereocenters. The van der Waals surface area contributed by atoms with Gasteiger partial charge in [0.1, 0.15) is 5.75 Å². The molecular weight excluding hydrogens is 408 g/mol. The Morgan fingerprint density at radius 1 is 0.938 bits per heavy atom. The average Bonchev–Trinajstić information content (AvgIpc) is 3.08. The molecule has 1 heterocycles. The van der Waals surface area contributed by atoms with Crippen LogP contribution in [-0.2, 0) is 20.7 Å². The van der Waals surface area contributed by atoms with E-state index in [1.54, 1.807) is 26.0 Å². The van der Waals surface area contributed by atoms with Gasteiger partial charge in [-0.2, -0.15) is 0 Å².